The fourth-order valence-corrected chi connectivity index (χ4v) is 2.33. The molecule has 7 heteroatoms. The molecule has 0 heterocycles. The van der Waals surface area contributed by atoms with Crippen LogP contribution in [0.3, 0.4) is 0 Å². The molecule has 0 fully saturated rings. The first-order valence-corrected chi connectivity index (χ1v) is 7.53. The second-order valence-electron chi connectivity index (χ2n) is 2.56. The Morgan fingerprint density at radius 1 is 1.79 bits per heavy atom. The zero-order valence-corrected chi connectivity index (χ0v) is 9.68. The van der Waals surface area contributed by atoms with Crippen LogP contribution >= 0.6 is 18.0 Å². The van der Waals surface area contributed by atoms with Crippen molar-refractivity contribution in [2.45, 2.75) is 19.4 Å². The van der Waals surface area contributed by atoms with Crippen LogP contribution in [0.5, 0.6) is 0 Å². The summed E-state index contributed by atoms with van der Waals surface area (Å²) >= 11 is 0.860. The van der Waals surface area contributed by atoms with Gasteiger partial charge in [-0.2, -0.15) is 5.26 Å². The Hall–Kier alpha value is -0.500. The standard InChI is InChI=1S/C7H12NO4PS/c1-6(9)12-7(5-8)3-4-13(10,11)14-2/h7H,3-4H2,1-2H3,(H,10,11). The molecule has 0 aliphatic heterocycles. The maximum absolute atomic E-state index is 11.2. The fraction of sp³-hybridized carbons (Fsp3) is 0.714. The lowest BCUT2D eigenvalue weighted by Crippen LogP contribution is -2.15. The van der Waals surface area contributed by atoms with Crippen LogP contribution in [0.25, 0.3) is 0 Å². The Labute approximate surface area is 86.6 Å². The summed E-state index contributed by atoms with van der Waals surface area (Å²) in [6, 6.07) is 1.75. The molecule has 5 nitrogen and oxygen atoms in total. The monoisotopic (exact) mass is 237 g/mol. The molecule has 0 aliphatic carbocycles. The van der Waals surface area contributed by atoms with Gasteiger partial charge in [-0.3, -0.25) is 9.36 Å². The Kier molecular flexibility index (Phi) is 5.86. The minimum atomic E-state index is -3.21. The van der Waals surface area contributed by atoms with Crippen LogP contribution in [0, 0.1) is 11.3 Å². The van der Waals surface area contributed by atoms with E-state index in [1.807, 2.05) is 0 Å². The highest BCUT2D eigenvalue weighted by Gasteiger charge is 2.20. The highest BCUT2D eigenvalue weighted by atomic mass is 32.7. The van der Waals surface area contributed by atoms with E-state index in [1.54, 1.807) is 6.07 Å². The van der Waals surface area contributed by atoms with Crippen molar-refractivity contribution in [3.63, 3.8) is 0 Å². The zero-order valence-electron chi connectivity index (χ0n) is 7.97. The molecule has 0 saturated heterocycles. The third-order valence-corrected chi connectivity index (χ3v) is 5.06. The van der Waals surface area contributed by atoms with Gasteiger partial charge in [-0.25, -0.2) is 0 Å². The number of carbonyl (C=O) groups excluding carboxylic acids is 1. The van der Waals surface area contributed by atoms with Crippen molar-refractivity contribution >= 4 is 23.9 Å². The molecule has 0 spiro atoms. The zero-order chi connectivity index (χ0) is 11.2. The summed E-state index contributed by atoms with van der Waals surface area (Å²) in [6.45, 7) is -2.02. The summed E-state index contributed by atoms with van der Waals surface area (Å²) in [5.74, 6) is -0.562. The number of hydrogen-bond donors (Lipinski definition) is 1. The average Bonchev–Trinajstić information content (AvgIpc) is 2.12. The number of ether oxygens (including phenoxy) is 1. The molecule has 80 valence electrons. The molecule has 1 N–H and O–H groups in total. The largest absolute Gasteiger partial charge is 0.447 e. The van der Waals surface area contributed by atoms with E-state index >= 15 is 0 Å². The summed E-state index contributed by atoms with van der Waals surface area (Å²) in [7, 11) is 0. The van der Waals surface area contributed by atoms with E-state index in [1.165, 1.54) is 13.2 Å². The molecule has 0 bridgehead atoms. The molecule has 0 saturated carbocycles. The quantitative estimate of drug-likeness (QED) is 0.574. The number of nitriles is 1. The first-order chi connectivity index (χ1) is 6.41. The number of nitrogens with zero attached hydrogens (tertiary/aromatic N) is 1. The topological polar surface area (TPSA) is 87.4 Å². The van der Waals surface area contributed by atoms with Crippen molar-refractivity contribution in [3.8, 4) is 6.07 Å². The van der Waals surface area contributed by atoms with Gasteiger partial charge in [0, 0.05) is 19.5 Å². The van der Waals surface area contributed by atoms with Gasteiger partial charge in [-0.1, -0.05) is 11.4 Å². The number of hydrogen-bond acceptors (Lipinski definition) is 5. The van der Waals surface area contributed by atoms with Crippen molar-refractivity contribution < 1.29 is 19.0 Å². The van der Waals surface area contributed by atoms with Gasteiger partial charge in [0.15, 0.2) is 6.10 Å². The highest BCUT2D eigenvalue weighted by Crippen LogP contribution is 2.53. The van der Waals surface area contributed by atoms with Gasteiger partial charge in [0.1, 0.15) is 6.07 Å². The molecule has 0 aromatic rings. The van der Waals surface area contributed by atoms with Gasteiger partial charge in [0.25, 0.3) is 6.57 Å². The van der Waals surface area contributed by atoms with Crippen LogP contribution in [0.4, 0.5) is 0 Å². The average molecular weight is 237 g/mol. The third-order valence-electron chi connectivity index (χ3n) is 1.41. The molecule has 0 radical (unpaired) electrons. The van der Waals surface area contributed by atoms with E-state index in [2.05, 4.69) is 4.74 Å². The van der Waals surface area contributed by atoms with Crippen LogP contribution < -0.4 is 0 Å². The van der Waals surface area contributed by atoms with Gasteiger partial charge < -0.3 is 9.63 Å². The van der Waals surface area contributed by atoms with Crippen molar-refractivity contribution in [1.29, 1.82) is 5.26 Å². The summed E-state index contributed by atoms with van der Waals surface area (Å²) in [5, 5.41) is 8.54. The van der Waals surface area contributed by atoms with E-state index in [-0.39, 0.29) is 12.6 Å². The fourth-order valence-electron chi connectivity index (χ4n) is 0.722. The van der Waals surface area contributed by atoms with E-state index in [9.17, 15) is 14.3 Å². The van der Waals surface area contributed by atoms with Crippen molar-refractivity contribution in [2.75, 3.05) is 12.4 Å². The summed E-state index contributed by atoms with van der Waals surface area (Å²) in [5.41, 5.74) is 0. The SMILES string of the molecule is CSP(=O)(O)CCC(C#N)OC(C)=O. The van der Waals surface area contributed by atoms with Crippen molar-refractivity contribution in [2.24, 2.45) is 0 Å². The maximum atomic E-state index is 11.2. The van der Waals surface area contributed by atoms with Gasteiger partial charge >= 0.3 is 5.97 Å². The van der Waals surface area contributed by atoms with Crippen LogP contribution in [-0.2, 0) is 14.1 Å². The molecule has 2 unspecified atom stereocenters. The summed E-state index contributed by atoms with van der Waals surface area (Å²) in [4.78, 5) is 19.7. The first kappa shape index (κ1) is 13.5. The van der Waals surface area contributed by atoms with Crippen molar-refractivity contribution in [1.82, 2.24) is 0 Å². The molecule has 0 aromatic carbocycles. The van der Waals surface area contributed by atoms with E-state index in [0.717, 1.165) is 11.4 Å². The molecule has 0 aromatic heterocycles. The lowest BCUT2D eigenvalue weighted by molar-refractivity contribution is -0.143. The van der Waals surface area contributed by atoms with Crippen LogP contribution in [0.2, 0.25) is 0 Å². The summed E-state index contributed by atoms with van der Waals surface area (Å²) in [6.07, 6.45) is 0.651. The Morgan fingerprint density at radius 2 is 2.36 bits per heavy atom. The predicted octanol–water partition coefficient (Wildman–Crippen LogP) is 1.38. The Morgan fingerprint density at radius 3 is 2.71 bits per heavy atom. The first-order valence-electron chi connectivity index (χ1n) is 3.85. The summed E-state index contributed by atoms with van der Waals surface area (Å²) < 4.78 is 15.8. The normalized spacial score (nSPS) is 16.4. The maximum Gasteiger partial charge on any atom is 0.303 e. The second-order valence-corrected chi connectivity index (χ2v) is 7.45. The molecule has 14 heavy (non-hydrogen) atoms. The lowest BCUT2D eigenvalue weighted by atomic mass is 10.3. The van der Waals surface area contributed by atoms with Gasteiger partial charge in [-0.15, -0.1) is 0 Å². The van der Waals surface area contributed by atoms with Gasteiger partial charge in [0.2, 0.25) is 0 Å². The van der Waals surface area contributed by atoms with Gasteiger partial charge in [-0.05, 0) is 6.26 Å². The molecule has 0 aliphatic rings. The minimum Gasteiger partial charge on any atom is -0.447 e. The third kappa shape index (κ3) is 6.03. The Bertz CT molecular complexity index is 288. The smallest absolute Gasteiger partial charge is 0.303 e. The van der Waals surface area contributed by atoms with E-state index in [4.69, 9.17) is 5.26 Å². The van der Waals surface area contributed by atoms with Gasteiger partial charge in [0.05, 0.1) is 0 Å². The molecule has 0 rings (SSSR count). The molecular weight excluding hydrogens is 225 g/mol. The van der Waals surface area contributed by atoms with E-state index in [0.29, 0.717) is 0 Å². The lowest BCUT2D eigenvalue weighted by Gasteiger charge is -2.11. The predicted molar refractivity (Wildman–Crippen MR) is 54.0 cm³/mol. The van der Waals surface area contributed by atoms with Crippen LogP contribution in [0.15, 0.2) is 0 Å². The molecule has 0 amide bonds. The Balaban J connectivity index is 4.04. The minimum absolute atomic E-state index is 0.0281. The number of rotatable bonds is 5. The number of carbonyl (C=O) groups is 1. The molecular formula is C7H12NO4PS. The number of esters is 1. The van der Waals surface area contributed by atoms with Crippen LogP contribution in [0.1, 0.15) is 13.3 Å². The van der Waals surface area contributed by atoms with Crippen LogP contribution in [-0.4, -0.2) is 29.4 Å². The van der Waals surface area contributed by atoms with Crippen molar-refractivity contribution in [3.05, 3.63) is 0 Å². The molecule has 2 atom stereocenters. The van der Waals surface area contributed by atoms with E-state index < -0.39 is 18.6 Å². The highest BCUT2D eigenvalue weighted by molar-refractivity contribution is 8.56. The second kappa shape index (κ2) is 6.07.